The first-order chi connectivity index (χ1) is 8.16. The van der Waals surface area contributed by atoms with E-state index in [2.05, 4.69) is 0 Å². The van der Waals surface area contributed by atoms with Crippen molar-refractivity contribution in [1.82, 2.24) is 0 Å². The van der Waals surface area contributed by atoms with Crippen molar-refractivity contribution in [3.05, 3.63) is 39.9 Å². The second-order valence-electron chi connectivity index (χ2n) is 4.84. The van der Waals surface area contributed by atoms with Crippen LogP contribution in [0.25, 0.3) is 0 Å². The molecule has 1 saturated carbocycles. The van der Waals surface area contributed by atoms with Crippen LogP contribution in [0.15, 0.2) is 24.3 Å². The topological polar surface area (TPSA) is 69.2 Å². The summed E-state index contributed by atoms with van der Waals surface area (Å²) in [4.78, 5) is 10.2. The highest BCUT2D eigenvalue weighted by Crippen LogP contribution is 2.26. The number of nitrogens with zero attached hydrogens (tertiary/aromatic N) is 1. The Morgan fingerprint density at radius 1 is 1.24 bits per heavy atom. The maximum Gasteiger partial charge on any atom is 0.269 e. The minimum absolute atomic E-state index is 0.154. The molecule has 4 heteroatoms. The van der Waals surface area contributed by atoms with Gasteiger partial charge >= 0.3 is 0 Å². The Balaban J connectivity index is 2.00. The van der Waals surface area contributed by atoms with Crippen LogP contribution in [0.3, 0.4) is 0 Å². The van der Waals surface area contributed by atoms with E-state index in [4.69, 9.17) is 5.73 Å². The summed E-state index contributed by atoms with van der Waals surface area (Å²) in [5, 5.41) is 10.5. The Labute approximate surface area is 101 Å². The molecule has 0 amide bonds. The summed E-state index contributed by atoms with van der Waals surface area (Å²) in [5.41, 5.74) is 7.40. The number of nitrogens with two attached hydrogens (primary N) is 1. The zero-order valence-electron chi connectivity index (χ0n) is 9.84. The molecule has 0 saturated heterocycles. The third-order valence-corrected chi connectivity index (χ3v) is 3.61. The van der Waals surface area contributed by atoms with Crippen molar-refractivity contribution < 1.29 is 4.92 Å². The zero-order valence-corrected chi connectivity index (χ0v) is 9.84. The number of non-ortho nitro benzene ring substituents is 1. The van der Waals surface area contributed by atoms with Crippen LogP contribution in [0.2, 0.25) is 0 Å². The van der Waals surface area contributed by atoms with Crippen LogP contribution in [0.5, 0.6) is 0 Å². The van der Waals surface area contributed by atoms with Crippen molar-refractivity contribution in [1.29, 1.82) is 0 Å². The molecule has 0 spiro atoms. The molecule has 17 heavy (non-hydrogen) atoms. The third kappa shape index (κ3) is 3.03. The Hall–Kier alpha value is -1.42. The van der Waals surface area contributed by atoms with Gasteiger partial charge in [-0.25, -0.2) is 0 Å². The quantitative estimate of drug-likeness (QED) is 0.645. The molecular formula is C13H18N2O2. The maximum absolute atomic E-state index is 10.5. The zero-order chi connectivity index (χ0) is 12.3. The van der Waals surface area contributed by atoms with Gasteiger partial charge in [0.1, 0.15) is 0 Å². The molecule has 2 unspecified atom stereocenters. The van der Waals surface area contributed by atoms with Gasteiger partial charge in [0.05, 0.1) is 4.92 Å². The monoisotopic (exact) mass is 234 g/mol. The minimum Gasteiger partial charge on any atom is -0.327 e. The smallest absolute Gasteiger partial charge is 0.269 e. The van der Waals surface area contributed by atoms with Crippen LogP contribution in [-0.2, 0) is 6.42 Å². The normalized spacial score (nSPS) is 24.5. The Morgan fingerprint density at radius 3 is 2.47 bits per heavy atom. The summed E-state index contributed by atoms with van der Waals surface area (Å²) in [6.45, 7) is 0. The SMILES string of the molecule is NC1CCCCC1Cc1ccc([N+](=O)[O-])cc1. The maximum atomic E-state index is 10.5. The number of nitro groups is 1. The van der Waals surface area contributed by atoms with Crippen molar-refractivity contribution in [2.45, 2.75) is 38.1 Å². The van der Waals surface area contributed by atoms with Crippen molar-refractivity contribution in [2.75, 3.05) is 0 Å². The third-order valence-electron chi connectivity index (χ3n) is 3.61. The van der Waals surface area contributed by atoms with Gasteiger partial charge in [0, 0.05) is 18.2 Å². The van der Waals surface area contributed by atoms with E-state index in [0.29, 0.717) is 12.0 Å². The lowest BCUT2D eigenvalue weighted by Gasteiger charge is -2.28. The highest BCUT2D eigenvalue weighted by Gasteiger charge is 2.21. The van der Waals surface area contributed by atoms with E-state index >= 15 is 0 Å². The highest BCUT2D eigenvalue weighted by atomic mass is 16.6. The molecule has 0 heterocycles. The summed E-state index contributed by atoms with van der Waals surface area (Å²) in [6.07, 6.45) is 5.72. The number of rotatable bonds is 3. The fourth-order valence-corrected chi connectivity index (χ4v) is 2.55. The summed E-state index contributed by atoms with van der Waals surface area (Å²) < 4.78 is 0. The average molecular weight is 234 g/mol. The van der Waals surface area contributed by atoms with Gasteiger partial charge in [-0.3, -0.25) is 10.1 Å². The average Bonchev–Trinajstić information content (AvgIpc) is 2.33. The standard InChI is InChI=1S/C13H18N2O2/c14-13-4-2-1-3-11(13)9-10-5-7-12(8-6-10)15(16)17/h5-8,11,13H,1-4,9,14H2. The molecule has 0 bridgehead atoms. The van der Waals surface area contributed by atoms with Gasteiger partial charge in [0.15, 0.2) is 0 Å². The molecule has 1 aliphatic carbocycles. The van der Waals surface area contributed by atoms with E-state index in [1.165, 1.54) is 19.3 Å². The molecule has 1 aromatic rings. The number of hydrogen-bond acceptors (Lipinski definition) is 3. The van der Waals surface area contributed by atoms with E-state index < -0.39 is 0 Å². The van der Waals surface area contributed by atoms with Crippen molar-refractivity contribution >= 4 is 5.69 Å². The molecule has 92 valence electrons. The lowest BCUT2D eigenvalue weighted by molar-refractivity contribution is -0.384. The van der Waals surface area contributed by atoms with Crippen LogP contribution < -0.4 is 5.73 Å². The predicted octanol–water partition coefficient (Wildman–Crippen LogP) is 2.65. The van der Waals surface area contributed by atoms with Crippen LogP contribution in [0.1, 0.15) is 31.2 Å². The Morgan fingerprint density at radius 2 is 1.88 bits per heavy atom. The molecule has 0 aromatic heterocycles. The second-order valence-corrected chi connectivity index (χ2v) is 4.84. The van der Waals surface area contributed by atoms with Gasteiger partial charge in [-0.1, -0.05) is 25.0 Å². The van der Waals surface area contributed by atoms with Gasteiger partial charge in [0.25, 0.3) is 5.69 Å². The summed E-state index contributed by atoms with van der Waals surface area (Å²) in [5.74, 6) is 0.533. The predicted molar refractivity (Wildman–Crippen MR) is 66.7 cm³/mol. The fraction of sp³-hybridized carbons (Fsp3) is 0.538. The minimum atomic E-state index is -0.365. The van der Waals surface area contributed by atoms with E-state index in [1.807, 2.05) is 12.1 Å². The van der Waals surface area contributed by atoms with Gasteiger partial charge in [-0.2, -0.15) is 0 Å². The number of nitro benzene ring substituents is 1. The number of hydrogen-bond donors (Lipinski definition) is 1. The highest BCUT2D eigenvalue weighted by molar-refractivity contribution is 5.33. The van der Waals surface area contributed by atoms with Crippen LogP contribution in [0.4, 0.5) is 5.69 Å². The van der Waals surface area contributed by atoms with Crippen molar-refractivity contribution in [3.8, 4) is 0 Å². The van der Waals surface area contributed by atoms with Crippen LogP contribution in [-0.4, -0.2) is 11.0 Å². The first-order valence-electron chi connectivity index (χ1n) is 6.16. The second kappa shape index (κ2) is 5.27. The van der Waals surface area contributed by atoms with Gasteiger partial charge in [-0.15, -0.1) is 0 Å². The molecule has 2 atom stereocenters. The largest absolute Gasteiger partial charge is 0.327 e. The van der Waals surface area contributed by atoms with Gasteiger partial charge < -0.3 is 5.73 Å². The molecule has 4 nitrogen and oxygen atoms in total. The van der Waals surface area contributed by atoms with Crippen molar-refractivity contribution in [2.24, 2.45) is 11.7 Å². The van der Waals surface area contributed by atoms with Crippen molar-refractivity contribution in [3.63, 3.8) is 0 Å². The fourth-order valence-electron chi connectivity index (χ4n) is 2.55. The molecule has 1 aromatic carbocycles. The van der Waals surface area contributed by atoms with Gasteiger partial charge in [0.2, 0.25) is 0 Å². The summed E-state index contributed by atoms with van der Waals surface area (Å²) in [6, 6.07) is 7.13. The molecule has 2 rings (SSSR count). The van der Waals surface area contributed by atoms with E-state index in [-0.39, 0.29) is 10.6 Å². The van der Waals surface area contributed by atoms with Gasteiger partial charge in [-0.05, 0) is 30.7 Å². The Bertz CT molecular complexity index is 389. The lowest BCUT2D eigenvalue weighted by atomic mass is 9.81. The molecule has 0 aliphatic heterocycles. The summed E-state index contributed by atoms with van der Waals surface area (Å²) >= 11 is 0. The molecule has 1 aliphatic rings. The first kappa shape index (κ1) is 12.0. The van der Waals surface area contributed by atoms with Crippen LogP contribution >= 0.6 is 0 Å². The summed E-state index contributed by atoms with van der Waals surface area (Å²) in [7, 11) is 0. The first-order valence-corrected chi connectivity index (χ1v) is 6.16. The number of benzene rings is 1. The Kier molecular flexibility index (Phi) is 3.74. The van der Waals surface area contributed by atoms with Crippen LogP contribution in [0, 0.1) is 16.0 Å². The van der Waals surface area contributed by atoms with E-state index in [0.717, 1.165) is 18.4 Å². The molecule has 0 radical (unpaired) electrons. The molecule has 1 fully saturated rings. The molecular weight excluding hydrogens is 216 g/mol. The lowest BCUT2D eigenvalue weighted by Crippen LogP contribution is -2.34. The van der Waals surface area contributed by atoms with E-state index in [1.54, 1.807) is 12.1 Å². The molecule has 2 N–H and O–H groups in total. The van der Waals surface area contributed by atoms with E-state index in [9.17, 15) is 10.1 Å².